The summed E-state index contributed by atoms with van der Waals surface area (Å²) in [6.07, 6.45) is -0.646. The second-order valence-electron chi connectivity index (χ2n) is 4.90. The van der Waals surface area contributed by atoms with E-state index < -0.39 is 12.1 Å². The van der Waals surface area contributed by atoms with E-state index >= 15 is 0 Å². The van der Waals surface area contributed by atoms with Gasteiger partial charge in [-0.1, -0.05) is 11.6 Å². The number of carbonyl (C=O) groups is 2. The first-order chi connectivity index (χ1) is 10.4. The number of carbonyl (C=O) groups excluding carboxylic acids is 2. The van der Waals surface area contributed by atoms with Crippen LogP contribution in [0.5, 0.6) is 0 Å². The third-order valence-electron chi connectivity index (χ3n) is 3.15. The molecule has 22 heavy (non-hydrogen) atoms. The van der Waals surface area contributed by atoms with Gasteiger partial charge < -0.3 is 19.9 Å². The molecule has 118 valence electrons. The Labute approximate surface area is 132 Å². The van der Waals surface area contributed by atoms with Crippen LogP contribution in [-0.4, -0.2) is 47.1 Å². The molecule has 1 aromatic heterocycles. The van der Waals surface area contributed by atoms with Crippen molar-refractivity contribution in [2.75, 3.05) is 14.2 Å². The Balaban J connectivity index is 2.04. The third kappa shape index (κ3) is 3.67. The molecule has 0 aliphatic carbocycles. The number of aromatic amines is 1. The normalized spacial score (nSPS) is 12.0. The van der Waals surface area contributed by atoms with Gasteiger partial charge in [-0.05, 0) is 25.1 Å². The molecule has 7 nitrogen and oxygen atoms in total. The fourth-order valence-electron chi connectivity index (χ4n) is 2.04. The highest BCUT2D eigenvalue weighted by Gasteiger charge is 2.20. The molecular formula is C14H17ClN4O3. The monoisotopic (exact) mass is 324 g/mol. The molecule has 2 amide bonds. The second-order valence-corrected chi connectivity index (χ2v) is 5.33. The molecule has 8 heteroatoms. The molecule has 2 N–H and O–H groups in total. The van der Waals surface area contributed by atoms with Gasteiger partial charge in [0.2, 0.25) is 5.91 Å². The number of amides is 2. The zero-order valence-electron chi connectivity index (χ0n) is 12.5. The third-order valence-corrected chi connectivity index (χ3v) is 3.38. The van der Waals surface area contributed by atoms with Crippen molar-refractivity contribution < 1.29 is 14.3 Å². The molecule has 1 aromatic carbocycles. The summed E-state index contributed by atoms with van der Waals surface area (Å²) in [5, 5.41) is 3.04. The van der Waals surface area contributed by atoms with Gasteiger partial charge >= 0.3 is 6.09 Å². The first kappa shape index (κ1) is 16.1. The van der Waals surface area contributed by atoms with Crippen LogP contribution in [0.3, 0.4) is 0 Å². The first-order valence-electron chi connectivity index (χ1n) is 6.64. The summed E-state index contributed by atoms with van der Waals surface area (Å²) in [6.45, 7) is 1.88. The molecular weight excluding hydrogens is 308 g/mol. The van der Waals surface area contributed by atoms with Crippen molar-refractivity contribution in [1.82, 2.24) is 20.2 Å². The van der Waals surface area contributed by atoms with E-state index in [9.17, 15) is 9.59 Å². The Morgan fingerprint density at radius 2 is 2.23 bits per heavy atom. The average Bonchev–Trinajstić information content (AvgIpc) is 2.87. The highest BCUT2D eigenvalue weighted by Crippen LogP contribution is 2.17. The van der Waals surface area contributed by atoms with Gasteiger partial charge in [0.1, 0.15) is 11.9 Å². The van der Waals surface area contributed by atoms with Gasteiger partial charge in [-0.25, -0.2) is 9.78 Å². The Bertz CT molecular complexity index is 700. The maximum atomic E-state index is 12.2. The molecule has 0 saturated heterocycles. The Morgan fingerprint density at radius 1 is 1.50 bits per heavy atom. The average molecular weight is 325 g/mol. The number of alkyl carbamates (subject to hydrolysis) is 1. The molecule has 0 unspecified atom stereocenters. The van der Waals surface area contributed by atoms with Crippen molar-refractivity contribution >= 4 is 34.6 Å². The lowest BCUT2D eigenvalue weighted by Gasteiger charge is -2.20. The summed E-state index contributed by atoms with van der Waals surface area (Å²) in [7, 11) is 2.88. The van der Waals surface area contributed by atoms with Gasteiger partial charge in [-0.3, -0.25) is 4.79 Å². The maximum Gasteiger partial charge on any atom is 0.407 e. The lowest BCUT2D eigenvalue weighted by molar-refractivity contribution is -0.132. The van der Waals surface area contributed by atoms with Gasteiger partial charge in [-0.2, -0.15) is 0 Å². The molecule has 1 atom stereocenters. The molecule has 0 aliphatic heterocycles. The number of rotatable bonds is 4. The zero-order valence-corrected chi connectivity index (χ0v) is 13.3. The molecule has 0 spiro atoms. The number of hydrogen-bond acceptors (Lipinski definition) is 4. The van der Waals surface area contributed by atoms with Crippen LogP contribution in [0.4, 0.5) is 4.79 Å². The summed E-state index contributed by atoms with van der Waals surface area (Å²) >= 11 is 5.92. The van der Waals surface area contributed by atoms with E-state index in [1.54, 1.807) is 32.2 Å². The summed E-state index contributed by atoms with van der Waals surface area (Å²) in [5.74, 6) is 0.391. The number of fused-ring (bicyclic) bond motifs is 1. The van der Waals surface area contributed by atoms with Gasteiger partial charge in [0.05, 0.1) is 24.7 Å². The quantitative estimate of drug-likeness (QED) is 0.899. The van der Waals surface area contributed by atoms with Crippen LogP contribution in [0, 0.1) is 0 Å². The second kappa shape index (κ2) is 6.65. The molecule has 0 radical (unpaired) electrons. The largest absolute Gasteiger partial charge is 0.453 e. The van der Waals surface area contributed by atoms with Gasteiger partial charge in [0.15, 0.2) is 0 Å². The molecule has 2 rings (SSSR count). The number of methoxy groups -OCH3 is 1. The molecule has 1 heterocycles. The number of imidazole rings is 1. The minimum atomic E-state index is -0.684. The van der Waals surface area contributed by atoms with Crippen LogP contribution in [0.25, 0.3) is 11.0 Å². The summed E-state index contributed by atoms with van der Waals surface area (Å²) in [4.78, 5) is 32.3. The minimum absolute atomic E-state index is 0.246. The highest BCUT2D eigenvalue weighted by atomic mass is 35.5. The van der Waals surface area contributed by atoms with E-state index in [2.05, 4.69) is 20.0 Å². The Morgan fingerprint density at radius 3 is 2.91 bits per heavy atom. The fourth-order valence-corrected chi connectivity index (χ4v) is 2.21. The van der Waals surface area contributed by atoms with Crippen molar-refractivity contribution in [3.05, 3.63) is 29.0 Å². The van der Waals surface area contributed by atoms with E-state index in [0.29, 0.717) is 17.4 Å². The topological polar surface area (TPSA) is 87.3 Å². The van der Waals surface area contributed by atoms with Crippen LogP contribution in [0.2, 0.25) is 5.02 Å². The smallest absolute Gasteiger partial charge is 0.407 e. The number of halogens is 1. The van der Waals surface area contributed by atoms with Crippen LogP contribution in [0.1, 0.15) is 12.7 Å². The van der Waals surface area contributed by atoms with E-state index in [0.717, 1.165) is 11.0 Å². The summed E-state index contributed by atoms with van der Waals surface area (Å²) in [5.41, 5.74) is 1.59. The number of likely N-dealkylation sites (N-methyl/N-ethyl adjacent to an activating group) is 1. The van der Waals surface area contributed by atoms with E-state index in [1.807, 2.05) is 0 Å². The summed E-state index contributed by atoms with van der Waals surface area (Å²) < 4.78 is 4.47. The SMILES string of the molecule is COC(=O)N[C@@H](C)C(=O)N(C)Cc1nc2ccc(Cl)cc2[nH]1. The van der Waals surface area contributed by atoms with Gasteiger partial charge in [0.25, 0.3) is 0 Å². The predicted octanol–water partition coefficient (Wildman–Crippen LogP) is 1.92. The lowest BCUT2D eigenvalue weighted by Crippen LogP contribution is -2.45. The van der Waals surface area contributed by atoms with Crippen molar-refractivity contribution in [3.63, 3.8) is 0 Å². The minimum Gasteiger partial charge on any atom is -0.453 e. The number of aromatic nitrogens is 2. The molecule has 0 saturated carbocycles. The maximum absolute atomic E-state index is 12.2. The van der Waals surface area contributed by atoms with Gasteiger partial charge in [0, 0.05) is 12.1 Å². The van der Waals surface area contributed by atoms with Crippen molar-refractivity contribution in [3.8, 4) is 0 Å². The highest BCUT2D eigenvalue weighted by molar-refractivity contribution is 6.31. The molecule has 0 bridgehead atoms. The zero-order chi connectivity index (χ0) is 16.3. The molecule has 2 aromatic rings. The predicted molar refractivity (Wildman–Crippen MR) is 82.6 cm³/mol. The number of H-pyrrole nitrogens is 1. The van der Waals surface area contributed by atoms with Crippen LogP contribution in [0.15, 0.2) is 18.2 Å². The standard InChI is InChI=1S/C14H17ClN4O3/c1-8(16-14(21)22-3)13(20)19(2)7-12-17-10-5-4-9(15)6-11(10)18-12/h4-6,8H,7H2,1-3H3,(H,16,21)(H,17,18)/t8-/m0/s1. The van der Waals surface area contributed by atoms with Crippen molar-refractivity contribution in [1.29, 1.82) is 0 Å². The summed E-state index contributed by atoms with van der Waals surface area (Å²) in [6, 6.07) is 4.65. The van der Waals surface area contributed by atoms with Crippen LogP contribution >= 0.6 is 11.6 Å². The number of benzene rings is 1. The van der Waals surface area contributed by atoms with Crippen molar-refractivity contribution in [2.45, 2.75) is 19.5 Å². The number of hydrogen-bond donors (Lipinski definition) is 2. The van der Waals surface area contributed by atoms with Crippen LogP contribution < -0.4 is 5.32 Å². The first-order valence-corrected chi connectivity index (χ1v) is 7.02. The van der Waals surface area contributed by atoms with Crippen molar-refractivity contribution in [2.24, 2.45) is 0 Å². The number of nitrogens with one attached hydrogen (secondary N) is 2. The Hall–Kier alpha value is -2.28. The van der Waals surface area contributed by atoms with Crippen LogP contribution in [-0.2, 0) is 16.1 Å². The van der Waals surface area contributed by atoms with E-state index in [1.165, 1.54) is 12.0 Å². The lowest BCUT2D eigenvalue weighted by atomic mass is 10.3. The molecule has 0 fully saturated rings. The van der Waals surface area contributed by atoms with Gasteiger partial charge in [-0.15, -0.1) is 0 Å². The number of ether oxygens (including phenoxy) is 1. The number of nitrogens with zero attached hydrogens (tertiary/aromatic N) is 2. The fraction of sp³-hybridized carbons (Fsp3) is 0.357. The molecule has 0 aliphatic rings. The Kier molecular flexibility index (Phi) is 4.87. The van der Waals surface area contributed by atoms with E-state index in [-0.39, 0.29) is 5.91 Å². The van der Waals surface area contributed by atoms with E-state index in [4.69, 9.17) is 11.6 Å².